The smallest absolute Gasteiger partial charge is 0.271 e. The van der Waals surface area contributed by atoms with Crippen LogP contribution in [0.25, 0.3) is 0 Å². The lowest BCUT2D eigenvalue weighted by atomic mass is 10.1. The predicted octanol–water partition coefficient (Wildman–Crippen LogP) is 1.05. The highest BCUT2D eigenvalue weighted by Crippen LogP contribution is 2.30. The van der Waals surface area contributed by atoms with Crippen molar-refractivity contribution >= 4 is 5.91 Å². The van der Waals surface area contributed by atoms with Crippen molar-refractivity contribution in [2.75, 3.05) is 13.1 Å². The molecule has 0 aromatic carbocycles. The van der Waals surface area contributed by atoms with Crippen molar-refractivity contribution < 1.29 is 4.79 Å². The molecule has 1 N–H and O–H groups in total. The maximum atomic E-state index is 12.7. The number of pyridine rings is 1. The molecule has 2 atom stereocenters. The Balaban J connectivity index is 1.71. The molecular weight excluding hydrogens is 252 g/mol. The first-order valence-corrected chi connectivity index (χ1v) is 6.93. The van der Waals surface area contributed by atoms with Gasteiger partial charge in [-0.05, 0) is 24.3 Å². The lowest BCUT2D eigenvalue weighted by Gasteiger charge is -2.38. The highest BCUT2D eigenvalue weighted by molar-refractivity contribution is 5.94. The van der Waals surface area contributed by atoms with Gasteiger partial charge in [0.1, 0.15) is 5.69 Å². The minimum Gasteiger partial charge on any atom is -0.337 e. The van der Waals surface area contributed by atoms with Crippen LogP contribution < -0.4 is 5.32 Å². The number of nitrogens with zero attached hydrogens (tertiary/aromatic N) is 3. The Hall–Kier alpha value is -2.14. The maximum Gasteiger partial charge on any atom is 0.271 e. The van der Waals surface area contributed by atoms with Crippen molar-refractivity contribution in [1.29, 1.82) is 0 Å². The summed E-state index contributed by atoms with van der Waals surface area (Å²) >= 11 is 0. The van der Waals surface area contributed by atoms with E-state index in [1.54, 1.807) is 6.20 Å². The molecule has 0 bridgehead atoms. The minimum atomic E-state index is 0.102. The van der Waals surface area contributed by atoms with Gasteiger partial charge in [-0.2, -0.15) is 0 Å². The van der Waals surface area contributed by atoms with Crippen molar-refractivity contribution in [1.82, 2.24) is 19.8 Å². The van der Waals surface area contributed by atoms with Gasteiger partial charge in [0.05, 0.1) is 24.3 Å². The number of rotatable bonds is 2. The van der Waals surface area contributed by atoms with Crippen LogP contribution in [0.2, 0.25) is 0 Å². The highest BCUT2D eigenvalue weighted by Gasteiger charge is 2.41. The Bertz CT molecular complexity index is 636. The van der Waals surface area contributed by atoms with Gasteiger partial charge in [0, 0.05) is 25.5 Å². The quantitative estimate of drug-likeness (QED) is 0.886. The predicted molar refractivity (Wildman–Crippen MR) is 74.2 cm³/mol. The summed E-state index contributed by atoms with van der Waals surface area (Å²) in [5.41, 5.74) is 1.72. The van der Waals surface area contributed by atoms with Crippen LogP contribution >= 0.6 is 0 Å². The van der Waals surface area contributed by atoms with Crippen molar-refractivity contribution in [3.05, 3.63) is 54.1 Å². The summed E-state index contributed by atoms with van der Waals surface area (Å²) in [6.07, 6.45) is 3.78. The number of hydrogen-bond acceptors (Lipinski definition) is 3. The molecule has 1 fully saturated rings. The lowest BCUT2D eigenvalue weighted by molar-refractivity contribution is 0.0558. The topological polar surface area (TPSA) is 50.2 Å². The molecule has 2 aromatic heterocycles. The zero-order valence-electron chi connectivity index (χ0n) is 11.1. The lowest BCUT2D eigenvalue weighted by Crippen LogP contribution is -2.49. The molecule has 2 aliphatic heterocycles. The SMILES string of the molecule is O=C1c2cccn2C2CNCC2N1Cc1ccccn1. The number of amides is 1. The fourth-order valence-corrected chi connectivity index (χ4v) is 3.27. The minimum absolute atomic E-state index is 0.102. The number of hydrogen-bond donors (Lipinski definition) is 1. The molecule has 5 heteroatoms. The van der Waals surface area contributed by atoms with E-state index < -0.39 is 0 Å². The summed E-state index contributed by atoms with van der Waals surface area (Å²) in [6, 6.07) is 10.2. The largest absolute Gasteiger partial charge is 0.337 e. The fraction of sp³-hybridized carbons (Fsp3) is 0.333. The van der Waals surface area contributed by atoms with Gasteiger partial charge in [-0.1, -0.05) is 6.07 Å². The molecule has 0 radical (unpaired) electrons. The van der Waals surface area contributed by atoms with Gasteiger partial charge >= 0.3 is 0 Å². The number of aromatic nitrogens is 2. The Morgan fingerprint density at radius 1 is 1.20 bits per heavy atom. The first-order chi connectivity index (χ1) is 9.84. The second kappa shape index (κ2) is 4.45. The molecule has 4 heterocycles. The second-order valence-electron chi connectivity index (χ2n) is 5.35. The van der Waals surface area contributed by atoms with E-state index in [2.05, 4.69) is 14.9 Å². The van der Waals surface area contributed by atoms with Gasteiger partial charge in [0.15, 0.2) is 0 Å². The number of nitrogens with one attached hydrogen (secondary N) is 1. The first kappa shape index (κ1) is 11.7. The monoisotopic (exact) mass is 268 g/mol. The Kier molecular flexibility index (Phi) is 2.60. The molecule has 0 spiro atoms. The van der Waals surface area contributed by atoms with Gasteiger partial charge in [0.25, 0.3) is 5.91 Å². The van der Waals surface area contributed by atoms with Crippen molar-refractivity contribution in [2.45, 2.75) is 18.6 Å². The molecule has 0 aliphatic carbocycles. The normalized spacial score (nSPS) is 24.6. The summed E-state index contributed by atoms with van der Waals surface area (Å²) in [7, 11) is 0. The van der Waals surface area contributed by atoms with Crippen molar-refractivity contribution in [2.24, 2.45) is 0 Å². The summed E-state index contributed by atoms with van der Waals surface area (Å²) in [4.78, 5) is 19.0. The van der Waals surface area contributed by atoms with E-state index in [1.165, 1.54) is 0 Å². The number of carbonyl (C=O) groups is 1. The number of carbonyl (C=O) groups excluding carboxylic acids is 1. The van der Waals surface area contributed by atoms with Crippen molar-refractivity contribution in [3.63, 3.8) is 0 Å². The molecule has 2 unspecified atom stereocenters. The van der Waals surface area contributed by atoms with Crippen LogP contribution in [0.4, 0.5) is 0 Å². The molecular formula is C15H16N4O. The van der Waals surface area contributed by atoms with Crippen LogP contribution in [0.3, 0.4) is 0 Å². The van der Waals surface area contributed by atoms with E-state index >= 15 is 0 Å². The Morgan fingerprint density at radius 2 is 2.10 bits per heavy atom. The Morgan fingerprint density at radius 3 is 2.95 bits per heavy atom. The van der Waals surface area contributed by atoms with E-state index in [9.17, 15) is 4.79 Å². The summed E-state index contributed by atoms with van der Waals surface area (Å²) < 4.78 is 2.11. The van der Waals surface area contributed by atoms with Gasteiger partial charge in [-0.25, -0.2) is 0 Å². The second-order valence-corrected chi connectivity index (χ2v) is 5.35. The third-order valence-electron chi connectivity index (χ3n) is 4.23. The van der Waals surface area contributed by atoms with Crippen LogP contribution in [-0.2, 0) is 6.54 Å². The van der Waals surface area contributed by atoms with Crippen molar-refractivity contribution in [3.8, 4) is 0 Å². The highest BCUT2D eigenvalue weighted by atomic mass is 16.2. The van der Waals surface area contributed by atoms with Gasteiger partial charge in [0.2, 0.25) is 0 Å². The summed E-state index contributed by atoms with van der Waals surface area (Å²) in [6.45, 7) is 2.34. The van der Waals surface area contributed by atoms with Crippen LogP contribution in [0.5, 0.6) is 0 Å². The fourth-order valence-electron chi connectivity index (χ4n) is 3.27. The van der Waals surface area contributed by atoms with E-state index in [-0.39, 0.29) is 11.9 Å². The van der Waals surface area contributed by atoms with Gasteiger partial charge in [-0.3, -0.25) is 9.78 Å². The van der Waals surface area contributed by atoms with Crippen LogP contribution in [0.15, 0.2) is 42.7 Å². The standard InChI is InChI=1S/C15H16N4O/c20-15-12-5-3-7-18(12)13-8-16-9-14(13)19(15)10-11-4-1-2-6-17-11/h1-7,13-14,16H,8-10H2. The average molecular weight is 268 g/mol. The van der Waals surface area contributed by atoms with Gasteiger partial charge < -0.3 is 14.8 Å². The Labute approximate surface area is 117 Å². The molecule has 2 aromatic rings. The molecule has 2 aliphatic rings. The van der Waals surface area contributed by atoms with Gasteiger partial charge in [-0.15, -0.1) is 0 Å². The van der Waals surface area contributed by atoms with E-state index in [0.29, 0.717) is 12.6 Å². The van der Waals surface area contributed by atoms with E-state index in [0.717, 1.165) is 24.5 Å². The van der Waals surface area contributed by atoms with E-state index in [1.807, 2.05) is 41.4 Å². The molecule has 1 amide bonds. The molecule has 5 nitrogen and oxygen atoms in total. The zero-order chi connectivity index (χ0) is 13.5. The van der Waals surface area contributed by atoms with E-state index in [4.69, 9.17) is 0 Å². The molecule has 102 valence electrons. The number of fused-ring (bicyclic) bond motifs is 3. The first-order valence-electron chi connectivity index (χ1n) is 6.93. The maximum absolute atomic E-state index is 12.7. The van der Waals surface area contributed by atoms with Crippen LogP contribution in [0.1, 0.15) is 22.2 Å². The molecule has 1 saturated heterocycles. The third kappa shape index (κ3) is 1.67. The zero-order valence-corrected chi connectivity index (χ0v) is 11.1. The summed E-state index contributed by atoms with van der Waals surface area (Å²) in [5.74, 6) is 0.102. The molecule has 0 saturated carbocycles. The molecule has 4 rings (SSSR count). The third-order valence-corrected chi connectivity index (χ3v) is 4.23. The molecule has 20 heavy (non-hydrogen) atoms. The van der Waals surface area contributed by atoms with Crippen LogP contribution in [0, 0.1) is 0 Å². The summed E-state index contributed by atoms with van der Waals surface area (Å²) in [5, 5.41) is 3.40. The van der Waals surface area contributed by atoms with Crippen LogP contribution in [-0.4, -0.2) is 39.5 Å². The average Bonchev–Trinajstić information content (AvgIpc) is 3.12.